The number of thiophene rings is 1. The fourth-order valence-corrected chi connectivity index (χ4v) is 2.83. The summed E-state index contributed by atoms with van der Waals surface area (Å²) < 4.78 is 0. The van der Waals surface area contributed by atoms with Crippen molar-refractivity contribution in [1.29, 1.82) is 0 Å². The smallest absolute Gasteiger partial charge is 0.0564 e. The SMILES string of the molecule is OC1CCN(CCCc2cccs2)CC1. The molecule has 2 heterocycles. The normalized spacial score (nSPS) is 19.5. The van der Waals surface area contributed by atoms with E-state index in [1.54, 1.807) is 0 Å². The highest BCUT2D eigenvalue weighted by Crippen LogP contribution is 2.13. The van der Waals surface area contributed by atoms with Gasteiger partial charge < -0.3 is 10.0 Å². The molecular weight excluding hydrogens is 206 g/mol. The van der Waals surface area contributed by atoms with Crippen LogP contribution in [0.4, 0.5) is 0 Å². The minimum Gasteiger partial charge on any atom is -0.393 e. The molecule has 3 heteroatoms. The van der Waals surface area contributed by atoms with Crippen molar-refractivity contribution in [1.82, 2.24) is 4.90 Å². The Bertz CT molecular complexity index is 265. The van der Waals surface area contributed by atoms with E-state index in [2.05, 4.69) is 22.4 Å². The molecule has 15 heavy (non-hydrogen) atoms. The monoisotopic (exact) mass is 225 g/mol. The molecule has 0 amide bonds. The second-order valence-corrected chi connectivity index (χ2v) is 5.29. The van der Waals surface area contributed by atoms with Gasteiger partial charge in [-0.15, -0.1) is 11.3 Å². The molecule has 0 radical (unpaired) electrons. The second kappa shape index (κ2) is 5.64. The number of nitrogens with zero attached hydrogens (tertiary/aromatic N) is 1. The van der Waals surface area contributed by atoms with E-state index in [1.807, 2.05) is 11.3 Å². The van der Waals surface area contributed by atoms with Gasteiger partial charge in [-0.3, -0.25) is 0 Å². The molecule has 0 unspecified atom stereocenters. The van der Waals surface area contributed by atoms with E-state index < -0.39 is 0 Å². The first-order chi connectivity index (χ1) is 7.34. The first-order valence-corrected chi connectivity index (χ1v) is 6.65. The predicted molar refractivity (Wildman–Crippen MR) is 64.3 cm³/mol. The Balaban J connectivity index is 1.62. The van der Waals surface area contributed by atoms with Crippen LogP contribution in [0, 0.1) is 0 Å². The van der Waals surface area contributed by atoms with Gasteiger partial charge in [-0.25, -0.2) is 0 Å². The van der Waals surface area contributed by atoms with Crippen LogP contribution in [-0.2, 0) is 6.42 Å². The van der Waals surface area contributed by atoms with Crippen molar-refractivity contribution in [3.05, 3.63) is 22.4 Å². The summed E-state index contributed by atoms with van der Waals surface area (Å²) in [6.07, 6.45) is 4.32. The molecule has 1 aliphatic rings. The van der Waals surface area contributed by atoms with Crippen LogP contribution in [0.15, 0.2) is 17.5 Å². The number of hydrogen-bond donors (Lipinski definition) is 1. The molecule has 1 aromatic rings. The Hall–Kier alpha value is -0.380. The van der Waals surface area contributed by atoms with Crippen LogP contribution in [0.25, 0.3) is 0 Å². The summed E-state index contributed by atoms with van der Waals surface area (Å²) >= 11 is 1.85. The van der Waals surface area contributed by atoms with Crippen LogP contribution < -0.4 is 0 Å². The molecule has 1 fully saturated rings. The quantitative estimate of drug-likeness (QED) is 0.848. The van der Waals surface area contributed by atoms with Crippen LogP contribution in [0.5, 0.6) is 0 Å². The minimum atomic E-state index is -0.0430. The highest BCUT2D eigenvalue weighted by Gasteiger charge is 2.15. The summed E-state index contributed by atoms with van der Waals surface area (Å²) in [6.45, 7) is 3.34. The standard InChI is InChI=1S/C12H19NOS/c14-11-5-8-13(9-6-11)7-1-3-12-4-2-10-15-12/h2,4,10-11,14H,1,3,5-9H2. The molecule has 1 N–H and O–H groups in total. The number of aryl methyl sites for hydroxylation is 1. The number of aliphatic hydroxyl groups excluding tert-OH is 1. The van der Waals surface area contributed by atoms with Gasteiger partial charge in [0.2, 0.25) is 0 Å². The van der Waals surface area contributed by atoms with Crippen molar-refractivity contribution in [3.63, 3.8) is 0 Å². The van der Waals surface area contributed by atoms with E-state index in [9.17, 15) is 5.11 Å². The van der Waals surface area contributed by atoms with E-state index >= 15 is 0 Å². The van der Waals surface area contributed by atoms with Crippen molar-refractivity contribution < 1.29 is 5.11 Å². The zero-order chi connectivity index (χ0) is 10.5. The molecule has 2 nitrogen and oxygen atoms in total. The Morgan fingerprint density at radius 1 is 1.40 bits per heavy atom. The van der Waals surface area contributed by atoms with E-state index in [0.29, 0.717) is 0 Å². The molecule has 1 aliphatic heterocycles. The summed E-state index contributed by atoms with van der Waals surface area (Å²) in [5.74, 6) is 0. The van der Waals surface area contributed by atoms with Crippen molar-refractivity contribution in [2.45, 2.75) is 31.8 Å². The molecule has 0 atom stereocenters. The van der Waals surface area contributed by atoms with E-state index in [0.717, 1.165) is 25.9 Å². The molecule has 1 aromatic heterocycles. The molecule has 0 aromatic carbocycles. The first-order valence-electron chi connectivity index (χ1n) is 5.77. The van der Waals surface area contributed by atoms with Crippen LogP contribution in [0.1, 0.15) is 24.1 Å². The summed E-state index contributed by atoms with van der Waals surface area (Å²) in [7, 11) is 0. The summed E-state index contributed by atoms with van der Waals surface area (Å²) in [5.41, 5.74) is 0. The lowest BCUT2D eigenvalue weighted by molar-refractivity contribution is 0.0822. The maximum Gasteiger partial charge on any atom is 0.0564 e. The summed E-state index contributed by atoms with van der Waals surface area (Å²) in [5, 5.41) is 11.5. The van der Waals surface area contributed by atoms with Gasteiger partial charge in [0.1, 0.15) is 0 Å². The van der Waals surface area contributed by atoms with E-state index in [4.69, 9.17) is 0 Å². The largest absolute Gasteiger partial charge is 0.393 e. The predicted octanol–water partition coefficient (Wildman–Crippen LogP) is 2.14. The molecule has 2 rings (SSSR count). The van der Waals surface area contributed by atoms with Gasteiger partial charge in [-0.05, 0) is 43.7 Å². The van der Waals surface area contributed by atoms with Crippen LogP contribution in [0.2, 0.25) is 0 Å². The third-order valence-electron chi connectivity index (χ3n) is 3.03. The van der Waals surface area contributed by atoms with Gasteiger partial charge >= 0.3 is 0 Å². The maximum atomic E-state index is 9.38. The molecule has 1 saturated heterocycles. The maximum absolute atomic E-state index is 9.38. The number of rotatable bonds is 4. The lowest BCUT2D eigenvalue weighted by Gasteiger charge is -2.29. The number of hydrogen-bond acceptors (Lipinski definition) is 3. The molecule has 0 saturated carbocycles. The highest BCUT2D eigenvalue weighted by molar-refractivity contribution is 7.09. The highest BCUT2D eigenvalue weighted by atomic mass is 32.1. The van der Waals surface area contributed by atoms with Gasteiger partial charge in [0, 0.05) is 18.0 Å². The average molecular weight is 225 g/mol. The van der Waals surface area contributed by atoms with Crippen molar-refractivity contribution in [2.24, 2.45) is 0 Å². The minimum absolute atomic E-state index is 0.0430. The van der Waals surface area contributed by atoms with E-state index in [-0.39, 0.29) is 6.10 Å². The van der Waals surface area contributed by atoms with Gasteiger partial charge in [0.05, 0.1) is 6.10 Å². The molecular formula is C12H19NOS. The Kier molecular flexibility index (Phi) is 4.18. The number of piperidine rings is 1. The fraction of sp³-hybridized carbons (Fsp3) is 0.667. The zero-order valence-electron chi connectivity index (χ0n) is 9.06. The molecule has 84 valence electrons. The van der Waals surface area contributed by atoms with Crippen LogP contribution in [-0.4, -0.2) is 35.7 Å². The second-order valence-electron chi connectivity index (χ2n) is 4.26. The van der Waals surface area contributed by atoms with Gasteiger partial charge in [-0.2, -0.15) is 0 Å². The van der Waals surface area contributed by atoms with Gasteiger partial charge in [0.15, 0.2) is 0 Å². The molecule has 0 bridgehead atoms. The molecule has 0 aliphatic carbocycles. The van der Waals surface area contributed by atoms with Crippen LogP contribution >= 0.6 is 11.3 Å². The van der Waals surface area contributed by atoms with Crippen LogP contribution in [0.3, 0.4) is 0 Å². The van der Waals surface area contributed by atoms with E-state index in [1.165, 1.54) is 24.3 Å². The van der Waals surface area contributed by atoms with Gasteiger partial charge in [-0.1, -0.05) is 6.07 Å². The average Bonchev–Trinajstić information content (AvgIpc) is 2.74. The Labute approximate surface area is 95.5 Å². The van der Waals surface area contributed by atoms with Crippen molar-refractivity contribution in [3.8, 4) is 0 Å². The topological polar surface area (TPSA) is 23.5 Å². The fourth-order valence-electron chi connectivity index (χ4n) is 2.07. The van der Waals surface area contributed by atoms with Crippen molar-refractivity contribution in [2.75, 3.05) is 19.6 Å². The number of likely N-dealkylation sites (tertiary alicyclic amines) is 1. The Morgan fingerprint density at radius 3 is 2.87 bits per heavy atom. The number of aliphatic hydroxyl groups is 1. The lowest BCUT2D eigenvalue weighted by Crippen LogP contribution is -2.36. The van der Waals surface area contributed by atoms with Crippen molar-refractivity contribution >= 4 is 11.3 Å². The lowest BCUT2D eigenvalue weighted by atomic mass is 10.1. The summed E-state index contributed by atoms with van der Waals surface area (Å²) in [6, 6.07) is 4.34. The zero-order valence-corrected chi connectivity index (χ0v) is 9.88. The summed E-state index contributed by atoms with van der Waals surface area (Å²) in [4.78, 5) is 3.97. The Morgan fingerprint density at radius 2 is 2.20 bits per heavy atom. The molecule has 0 spiro atoms. The van der Waals surface area contributed by atoms with Gasteiger partial charge in [0.25, 0.3) is 0 Å². The third kappa shape index (κ3) is 3.59. The third-order valence-corrected chi connectivity index (χ3v) is 3.97. The first kappa shape index (κ1) is 11.1.